The Morgan fingerprint density at radius 3 is 2.70 bits per heavy atom. The van der Waals surface area contributed by atoms with Gasteiger partial charge in [0, 0.05) is 12.2 Å². The number of nitrogens with zero attached hydrogens (tertiary/aromatic N) is 1. The predicted octanol–water partition coefficient (Wildman–Crippen LogP) is 2.08. The highest BCUT2D eigenvalue weighted by Gasteiger charge is 2.44. The number of fused-ring (bicyclic) bond motifs is 1. The molecule has 2 aromatic rings. The van der Waals surface area contributed by atoms with Crippen molar-refractivity contribution in [3.8, 4) is 0 Å². The van der Waals surface area contributed by atoms with Crippen LogP contribution in [0.25, 0.3) is 0 Å². The first-order valence-corrected chi connectivity index (χ1v) is 10.8. The molecule has 2 heterocycles. The zero-order valence-electron chi connectivity index (χ0n) is 16.7. The van der Waals surface area contributed by atoms with Gasteiger partial charge >= 0.3 is 0 Å². The van der Waals surface area contributed by atoms with Gasteiger partial charge in [-0.3, -0.25) is 19.9 Å². The van der Waals surface area contributed by atoms with Gasteiger partial charge in [0.25, 0.3) is 0 Å². The molecule has 0 radical (unpaired) electrons. The van der Waals surface area contributed by atoms with Crippen LogP contribution in [-0.2, 0) is 9.59 Å². The van der Waals surface area contributed by atoms with Gasteiger partial charge in [-0.15, -0.1) is 11.8 Å². The van der Waals surface area contributed by atoms with Crippen LogP contribution < -0.4 is 26.4 Å². The number of hydrogen-bond donors (Lipinski definition) is 4. The number of hydrogen-bond acceptors (Lipinski definition) is 6. The number of hydrazine groups is 1. The first kappa shape index (κ1) is 20.6. The molecule has 7 nitrogen and oxygen atoms in total. The maximum Gasteiger partial charge on any atom is 0.234 e. The second kappa shape index (κ2) is 8.63. The maximum absolute atomic E-state index is 13.0. The summed E-state index contributed by atoms with van der Waals surface area (Å²) in [5, 5.41) is 11.1. The number of thioether (sulfide) groups is 1. The molecule has 2 aliphatic rings. The summed E-state index contributed by atoms with van der Waals surface area (Å²) in [5.41, 5.74) is 6.83. The quantitative estimate of drug-likeness (QED) is 0.583. The number of carbonyl (C=O) groups excluding carboxylic acids is 2. The second-order valence-electron chi connectivity index (χ2n) is 7.47. The minimum absolute atomic E-state index is 0.0472. The van der Waals surface area contributed by atoms with Crippen LogP contribution in [0.3, 0.4) is 0 Å². The highest BCUT2D eigenvalue weighted by Crippen LogP contribution is 2.28. The van der Waals surface area contributed by atoms with Crippen molar-refractivity contribution in [3.05, 3.63) is 59.4 Å². The van der Waals surface area contributed by atoms with Crippen molar-refractivity contribution < 1.29 is 14.0 Å². The lowest BCUT2D eigenvalue weighted by Crippen LogP contribution is -2.63. The lowest BCUT2D eigenvalue weighted by Gasteiger charge is -2.37. The zero-order valence-corrected chi connectivity index (χ0v) is 17.6. The molecule has 3 atom stereocenters. The Hall–Kier alpha value is -2.62. The number of amides is 2. The molecular formula is C21H24FN5O2S. The predicted molar refractivity (Wildman–Crippen MR) is 116 cm³/mol. The summed E-state index contributed by atoms with van der Waals surface area (Å²) in [6.07, 6.45) is -0.210. The average molecular weight is 430 g/mol. The van der Waals surface area contributed by atoms with E-state index in [1.807, 2.05) is 11.1 Å². The third kappa shape index (κ3) is 4.43. The molecular weight excluding hydrogens is 405 g/mol. The first-order valence-electron chi connectivity index (χ1n) is 9.74. The maximum atomic E-state index is 13.0. The van der Waals surface area contributed by atoms with Gasteiger partial charge in [-0.05, 0) is 61.4 Å². The number of halogens is 1. The number of nitrogens with one attached hydrogen (secondary N) is 4. The molecule has 30 heavy (non-hydrogen) atoms. The molecule has 0 saturated carbocycles. The van der Waals surface area contributed by atoms with Crippen LogP contribution in [0.2, 0.25) is 0 Å². The molecule has 0 aromatic heterocycles. The van der Waals surface area contributed by atoms with Gasteiger partial charge in [-0.25, -0.2) is 9.82 Å². The van der Waals surface area contributed by atoms with E-state index in [0.29, 0.717) is 12.2 Å². The largest absolute Gasteiger partial charge is 0.331 e. The Balaban J connectivity index is 1.37. The van der Waals surface area contributed by atoms with Crippen LogP contribution in [0.15, 0.2) is 42.5 Å². The molecule has 2 saturated heterocycles. The molecule has 4 N–H and O–H groups in total. The van der Waals surface area contributed by atoms with Crippen LogP contribution >= 0.6 is 11.8 Å². The van der Waals surface area contributed by atoms with Gasteiger partial charge in [-0.1, -0.05) is 6.07 Å². The van der Waals surface area contributed by atoms with Gasteiger partial charge in [0.1, 0.15) is 17.5 Å². The van der Waals surface area contributed by atoms with E-state index in [0.717, 1.165) is 5.69 Å². The Morgan fingerprint density at radius 1 is 1.20 bits per heavy atom. The van der Waals surface area contributed by atoms with Gasteiger partial charge in [0.15, 0.2) is 0 Å². The Bertz CT molecular complexity index is 955. The third-order valence-electron chi connectivity index (χ3n) is 5.35. The second-order valence-corrected chi connectivity index (χ2v) is 8.57. The highest BCUT2D eigenvalue weighted by molar-refractivity contribution is 8.00. The Morgan fingerprint density at radius 2 is 1.97 bits per heavy atom. The summed E-state index contributed by atoms with van der Waals surface area (Å²) in [6.45, 7) is 4.67. The normalized spacial score (nSPS) is 23.1. The minimum atomic E-state index is -0.397. The van der Waals surface area contributed by atoms with Crippen molar-refractivity contribution >= 4 is 35.0 Å². The van der Waals surface area contributed by atoms with Crippen LogP contribution in [0.1, 0.15) is 11.1 Å². The molecule has 2 aliphatic heterocycles. The van der Waals surface area contributed by atoms with Crippen LogP contribution in [0.5, 0.6) is 0 Å². The number of aryl methyl sites for hydroxylation is 2. The Kier molecular flexibility index (Phi) is 5.94. The molecule has 158 valence electrons. The summed E-state index contributed by atoms with van der Waals surface area (Å²) in [7, 11) is 0. The molecule has 0 aliphatic carbocycles. The lowest BCUT2D eigenvalue weighted by molar-refractivity contribution is -0.127. The van der Waals surface area contributed by atoms with E-state index >= 15 is 0 Å². The van der Waals surface area contributed by atoms with Crippen molar-refractivity contribution in [3.63, 3.8) is 0 Å². The fourth-order valence-corrected chi connectivity index (χ4v) is 4.38. The number of carbonyl (C=O) groups is 2. The van der Waals surface area contributed by atoms with E-state index in [-0.39, 0.29) is 35.5 Å². The fourth-order valence-electron chi connectivity index (χ4n) is 3.55. The monoisotopic (exact) mass is 429 g/mol. The first-order chi connectivity index (χ1) is 14.4. The fraction of sp³-hybridized carbons (Fsp3) is 0.333. The van der Waals surface area contributed by atoms with E-state index < -0.39 is 5.50 Å². The molecule has 0 bridgehead atoms. The summed E-state index contributed by atoms with van der Waals surface area (Å²) in [5.74, 6) is -0.709. The summed E-state index contributed by atoms with van der Waals surface area (Å²) in [6, 6.07) is 11.8. The van der Waals surface area contributed by atoms with E-state index in [2.05, 4.69) is 47.4 Å². The summed E-state index contributed by atoms with van der Waals surface area (Å²) < 4.78 is 13.0. The standard InChI is InChI=1S/C21H24FN5O2S/c1-12-3-8-16(9-13(12)2)27-19-17(10-23-27)20(29)26-21(25-19)30-11-18(28)24-15-6-4-14(22)5-7-15/h3-9,17,19,21,23,25H,10-11H2,1-2H3,(H,24,28)(H,26,29). The van der Waals surface area contributed by atoms with E-state index in [4.69, 9.17) is 0 Å². The number of anilines is 2. The van der Waals surface area contributed by atoms with E-state index in [1.165, 1.54) is 47.2 Å². The van der Waals surface area contributed by atoms with E-state index in [1.54, 1.807) is 0 Å². The summed E-state index contributed by atoms with van der Waals surface area (Å²) >= 11 is 1.30. The van der Waals surface area contributed by atoms with Crippen LogP contribution in [0.4, 0.5) is 15.8 Å². The summed E-state index contributed by atoms with van der Waals surface area (Å²) in [4.78, 5) is 24.8. The zero-order chi connectivity index (χ0) is 21.3. The minimum Gasteiger partial charge on any atom is -0.331 e. The SMILES string of the molecule is Cc1ccc(N2NCC3C(=O)NC(SCC(=O)Nc4ccc(F)cc4)NC32)cc1C. The number of benzene rings is 2. The van der Waals surface area contributed by atoms with E-state index in [9.17, 15) is 14.0 Å². The molecule has 9 heteroatoms. The molecule has 2 fully saturated rings. The molecule has 2 amide bonds. The Labute approximate surface area is 178 Å². The third-order valence-corrected chi connectivity index (χ3v) is 6.37. The smallest absolute Gasteiger partial charge is 0.234 e. The molecule has 4 rings (SSSR count). The van der Waals surface area contributed by atoms with Crippen molar-refractivity contribution in [2.24, 2.45) is 5.92 Å². The van der Waals surface area contributed by atoms with Gasteiger partial charge in [0.2, 0.25) is 11.8 Å². The lowest BCUT2D eigenvalue weighted by atomic mass is 10.0. The van der Waals surface area contributed by atoms with Crippen molar-refractivity contribution in [2.45, 2.75) is 25.5 Å². The van der Waals surface area contributed by atoms with Crippen molar-refractivity contribution in [2.75, 3.05) is 22.6 Å². The van der Waals surface area contributed by atoms with Gasteiger partial charge in [-0.2, -0.15) is 0 Å². The molecule has 0 spiro atoms. The average Bonchev–Trinajstić information content (AvgIpc) is 3.15. The van der Waals surface area contributed by atoms with Crippen LogP contribution in [-0.4, -0.2) is 35.8 Å². The highest BCUT2D eigenvalue weighted by atomic mass is 32.2. The number of rotatable bonds is 5. The van der Waals surface area contributed by atoms with Gasteiger partial charge < -0.3 is 10.6 Å². The molecule has 3 unspecified atom stereocenters. The van der Waals surface area contributed by atoms with Crippen molar-refractivity contribution in [1.82, 2.24) is 16.1 Å². The van der Waals surface area contributed by atoms with Crippen LogP contribution in [0, 0.1) is 25.6 Å². The molecule has 2 aromatic carbocycles. The topological polar surface area (TPSA) is 85.5 Å². The van der Waals surface area contributed by atoms with Gasteiger partial charge in [0.05, 0.1) is 17.4 Å². The van der Waals surface area contributed by atoms with Crippen molar-refractivity contribution in [1.29, 1.82) is 0 Å².